The number of nitrogens with two attached hydrogens (primary N) is 2. The van der Waals surface area contributed by atoms with Gasteiger partial charge in [-0.1, -0.05) is 0 Å². The van der Waals surface area contributed by atoms with Gasteiger partial charge in [-0.3, -0.25) is 19.2 Å². The van der Waals surface area contributed by atoms with E-state index in [-0.39, 0.29) is 25.7 Å². The van der Waals surface area contributed by atoms with E-state index in [1.807, 2.05) is 0 Å². The topological polar surface area (TPSA) is 190 Å². The monoisotopic (exact) mass is 322 g/mol. The van der Waals surface area contributed by atoms with Gasteiger partial charge in [-0.15, -0.1) is 0 Å². The van der Waals surface area contributed by atoms with Gasteiger partial charge in [0, 0.05) is 12.8 Å². The first-order chi connectivity index (χ1) is 10.1. The van der Waals surface area contributed by atoms with Crippen LogP contribution in [-0.2, 0) is 23.9 Å². The van der Waals surface area contributed by atoms with E-state index in [0.717, 1.165) is 0 Å². The molecule has 0 aliphatic rings. The highest BCUT2D eigenvalue weighted by atomic mass is 16.5. The summed E-state index contributed by atoms with van der Waals surface area (Å²) in [6, 6.07) is -2.04. The molecule has 0 aliphatic carbocycles. The van der Waals surface area contributed by atoms with Crippen molar-refractivity contribution in [3.63, 3.8) is 0 Å². The van der Waals surface area contributed by atoms with Crippen LogP contribution in [0.3, 0.4) is 0 Å². The lowest BCUT2D eigenvalue weighted by Crippen LogP contribution is -2.30. The number of carboxylic acids is 3. The molecule has 0 aromatic carbocycles. The van der Waals surface area contributed by atoms with Crippen LogP contribution in [0, 0.1) is 0 Å². The predicted octanol–water partition coefficient (Wildman–Crippen LogP) is -0.995. The van der Waals surface area contributed by atoms with E-state index in [2.05, 4.69) is 4.74 Å². The van der Waals surface area contributed by atoms with Crippen molar-refractivity contribution in [3.8, 4) is 0 Å². The van der Waals surface area contributed by atoms with Crippen LogP contribution < -0.4 is 11.5 Å². The van der Waals surface area contributed by atoms with Crippen LogP contribution in [0.4, 0.5) is 0 Å². The zero-order chi connectivity index (χ0) is 17.7. The number of hydrogen-bond donors (Lipinski definition) is 5. The average molecular weight is 322 g/mol. The fourth-order valence-electron chi connectivity index (χ4n) is 1.03. The summed E-state index contributed by atoms with van der Waals surface area (Å²) in [7, 11) is 0. The normalized spacial score (nSPS) is 12.3. The van der Waals surface area contributed by atoms with Crippen LogP contribution >= 0.6 is 0 Å². The minimum Gasteiger partial charge on any atom is -0.481 e. The molecule has 0 rings (SSSR count). The van der Waals surface area contributed by atoms with E-state index in [1.165, 1.54) is 0 Å². The molecule has 0 spiro atoms. The van der Waals surface area contributed by atoms with Crippen LogP contribution in [0.1, 0.15) is 32.6 Å². The number of esters is 1. The van der Waals surface area contributed by atoms with E-state index in [0.29, 0.717) is 6.61 Å². The summed E-state index contributed by atoms with van der Waals surface area (Å²) in [5.41, 5.74) is 10.2. The molecule has 0 saturated heterocycles. The molecule has 0 unspecified atom stereocenters. The van der Waals surface area contributed by atoms with Gasteiger partial charge in [0.1, 0.15) is 12.1 Å². The Hall–Kier alpha value is -2.20. The summed E-state index contributed by atoms with van der Waals surface area (Å²) < 4.78 is 4.58. The van der Waals surface area contributed by atoms with Gasteiger partial charge in [0.2, 0.25) is 0 Å². The fraction of sp³-hybridized carbons (Fsp3) is 0.667. The van der Waals surface area contributed by atoms with E-state index < -0.39 is 36.0 Å². The van der Waals surface area contributed by atoms with Crippen LogP contribution in [0.2, 0.25) is 0 Å². The van der Waals surface area contributed by atoms with E-state index in [1.54, 1.807) is 6.92 Å². The highest BCUT2D eigenvalue weighted by Gasteiger charge is 2.13. The molecule has 0 aromatic rings. The second-order valence-electron chi connectivity index (χ2n) is 4.17. The van der Waals surface area contributed by atoms with Gasteiger partial charge in [-0.2, -0.15) is 0 Å². The highest BCUT2D eigenvalue weighted by Crippen LogP contribution is 1.96. The van der Waals surface area contributed by atoms with Crippen molar-refractivity contribution in [1.82, 2.24) is 0 Å². The molecule has 128 valence electrons. The maximum Gasteiger partial charge on any atom is 0.320 e. The molecule has 2 atom stereocenters. The number of hydrogen-bond acceptors (Lipinski definition) is 7. The smallest absolute Gasteiger partial charge is 0.320 e. The fourth-order valence-corrected chi connectivity index (χ4v) is 1.03. The predicted molar refractivity (Wildman–Crippen MR) is 74.0 cm³/mol. The maximum absolute atomic E-state index is 10.7. The molecule has 22 heavy (non-hydrogen) atoms. The quantitative estimate of drug-likeness (QED) is 0.329. The molecule has 7 N–H and O–H groups in total. The summed E-state index contributed by atoms with van der Waals surface area (Å²) in [5.74, 6) is -3.70. The van der Waals surface area contributed by atoms with Crippen LogP contribution in [0.25, 0.3) is 0 Å². The van der Waals surface area contributed by atoms with Crippen molar-refractivity contribution < 1.29 is 39.2 Å². The zero-order valence-electron chi connectivity index (χ0n) is 12.2. The number of aliphatic carboxylic acids is 3. The van der Waals surface area contributed by atoms with Crippen molar-refractivity contribution in [2.75, 3.05) is 6.61 Å². The Bertz CT molecular complexity index is 385. The summed E-state index contributed by atoms with van der Waals surface area (Å²) in [4.78, 5) is 40.8. The third-order valence-electron chi connectivity index (χ3n) is 2.27. The summed E-state index contributed by atoms with van der Waals surface area (Å²) in [6.45, 7) is 2.00. The third-order valence-corrected chi connectivity index (χ3v) is 2.27. The minimum absolute atomic E-state index is 0.0231. The van der Waals surface area contributed by atoms with Crippen molar-refractivity contribution in [1.29, 1.82) is 0 Å². The first kappa shape index (κ1) is 22.1. The van der Waals surface area contributed by atoms with E-state index in [4.69, 9.17) is 26.8 Å². The van der Waals surface area contributed by atoms with Gasteiger partial charge in [0.05, 0.1) is 6.61 Å². The lowest BCUT2D eigenvalue weighted by Gasteiger charge is -2.04. The molecule has 10 heteroatoms. The van der Waals surface area contributed by atoms with Crippen molar-refractivity contribution in [3.05, 3.63) is 0 Å². The second kappa shape index (κ2) is 12.5. The Labute approximate surface area is 127 Å². The molecule has 10 nitrogen and oxygen atoms in total. The molecule has 0 aromatic heterocycles. The first-order valence-corrected chi connectivity index (χ1v) is 6.45. The SMILES string of the molecule is CCOC(=O)CC[C@H](N)C(=O)O.N[C@@H](CCC(=O)O)C(=O)O. The molecule has 0 aliphatic heterocycles. The summed E-state index contributed by atoms with van der Waals surface area (Å²) in [5, 5.41) is 24.6. The van der Waals surface area contributed by atoms with Gasteiger partial charge in [0.15, 0.2) is 0 Å². The third kappa shape index (κ3) is 14.2. The molecular weight excluding hydrogens is 300 g/mol. The summed E-state index contributed by atoms with van der Waals surface area (Å²) >= 11 is 0. The number of ether oxygens (including phenoxy) is 1. The van der Waals surface area contributed by atoms with Gasteiger partial charge in [-0.25, -0.2) is 0 Å². The Morgan fingerprint density at radius 3 is 1.64 bits per heavy atom. The molecule has 0 fully saturated rings. The molecule has 0 radical (unpaired) electrons. The van der Waals surface area contributed by atoms with Crippen LogP contribution in [0.15, 0.2) is 0 Å². The summed E-state index contributed by atoms with van der Waals surface area (Å²) in [6.07, 6.45) is -0.0480. The molecular formula is C12H22N2O8. The molecule has 0 saturated carbocycles. The number of carbonyl (C=O) groups excluding carboxylic acids is 1. The van der Waals surface area contributed by atoms with Gasteiger partial charge < -0.3 is 31.5 Å². The number of carboxylic acid groups (broad SMARTS) is 3. The zero-order valence-corrected chi connectivity index (χ0v) is 12.2. The Kier molecular flexibility index (Phi) is 12.6. The second-order valence-corrected chi connectivity index (χ2v) is 4.17. The Morgan fingerprint density at radius 2 is 1.32 bits per heavy atom. The van der Waals surface area contributed by atoms with Crippen molar-refractivity contribution in [2.24, 2.45) is 11.5 Å². The Morgan fingerprint density at radius 1 is 0.909 bits per heavy atom. The van der Waals surface area contributed by atoms with Crippen LogP contribution in [0.5, 0.6) is 0 Å². The average Bonchev–Trinajstić information content (AvgIpc) is 2.42. The van der Waals surface area contributed by atoms with E-state index in [9.17, 15) is 19.2 Å². The number of carbonyl (C=O) groups is 4. The van der Waals surface area contributed by atoms with Gasteiger partial charge >= 0.3 is 23.9 Å². The van der Waals surface area contributed by atoms with Crippen molar-refractivity contribution >= 4 is 23.9 Å². The highest BCUT2D eigenvalue weighted by molar-refractivity contribution is 5.75. The largest absolute Gasteiger partial charge is 0.481 e. The van der Waals surface area contributed by atoms with Gasteiger partial charge in [0.25, 0.3) is 0 Å². The van der Waals surface area contributed by atoms with Crippen LogP contribution in [-0.4, -0.2) is 57.9 Å². The van der Waals surface area contributed by atoms with E-state index >= 15 is 0 Å². The minimum atomic E-state index is -1.17. The lowest BCUT2D eigenvalue weighted by atomic mass is 10.2. The maximum atomic E-state index is 10.7. The first-order valence-electron chi connectivity index (χ1n) is 6.45. The van der Waals surface area contributed by atoms with Crippen molar-refractivity contribution in [2.45, 2.75) is 44.7 Å². The molecule has 0 bridgehead atoms. The standard InChI is InChI=1S/C7H13NO4.C5H9NO4/c1-2-12-6(9)4-3-5(8)7(10)11;6-3(5(9)10)1-2-4(7)8/h5H,2-4,8H2,1H3,(H,10,11);3H,1-2,6H2,(H,7,8)(H,9,10)/t5-;3-/m00/s1. The molecule has 0 amide bonds. The Balaban J connectivity index is 0. The number of rotatable bonds is 9. The molecule has 0 heterocycles. The van der Waals surface area contributed by atoms with Gasteiger partial charge in [-0.05, 0) is 19.8 Å². The lowest BCUT2D eigenvalue weighted by molar-refractivity contribution is -0.144.